The number of nitrogens with zero attached hydrogens (tertiary/aromatic N) is 3. The molecule has 0 atom stereocenters. The van der Waals surface area contributed by atoms with Gasteiger partial charge in [-0.2, -0.15) is 13.2 Å². The van der Waals surface area contributed by atoms with Gasteiger partial charge in [0.1, 0.15) is 5.65 Å². The summed E-state index contributed by atoms with van der Waals surface area (Å²) in [6.45, 7) is 0. The molecule has 0 aliphatic heterocycles. The summed E-state index contributed by atoms with van der Waals surface area (Å²) in [6.07, 6.45) is -4.28. The molecule has 10 heteroatoms. The van der Waals surface area contributed by atoms with E-state index in [1.54, 1.807) is 0 Å². The van der Waals surface area contributed by atoms with Crippen molar-refractivity contribution in [1.82, 2.24) is 9.38 Å². The molecule has 0 fully saturated rings. The normalized spacial score (nSPS) is 11.7. The van der Waals surface area contributed by atoms with Crippen LogP contribution in [-0.4, -0.2) is 25.4 Å². The first-order valence-corrected chi connectivity index (χ1v) is 4.69. The molecular formula is C9H4F3N3O4. The van der Waals surface area contributed by atoms with E-state index in [1.165, 1.54) is 0 Å². The zero-order valence-corrected chi connectivity index (χ0v) is 8.88. The van der Waals surface area contributed by atoms with E-state index in [-0.39, 0.29) is 5.65 Å². The van der Waals surface area contributed by atoms with Gasteiger partial charge in [-0.05, 0) is 6.07 Å². The van der Waals surface area contributed by atoms with Crippen molar-refractivity contribution in [2.45, 2.75) is 6.18 Å². The number of aromatic carboxylic acids is 1. The highest BCUT2D eigenvalue weighted by Crippen LogP contribution is 2.32. The topological polar surface area (TPSA) is 97.7 Å². The van der Waals surface area contributed by atoms with Crippen molar-refractivity contribution in [3.05, 3.63) is 39.8 Å². The third-order valence-electron chi connectivity index (χ3n) is 2.28. The number of nitro groups is 1. The summed E-state index contributed by atoms with van der Waals surface area (Å²) in [7, 11) is 0. The molecule has 19 heavy (non-hydrogen) atoms. The van der Waals surface area contributed by atoms with Crippen molar-refractivity contribution in [3.8, 4) is 0 Å². The summed E-state index contributed by atoms with van der Waals surface area (Å²) in [6, 6.07) is 1.88. The second-order valence-electron chi connectivity index (χ2n) is 3.48. The Morgan fingerprint density at radius 2 is 2.05 bits per heavy atom. The van der Waals surface area contributed by atoms with Gasteiger partial charge in [-0.3, -0.25) is 14.5 Å². The van der Waals surface area contributed by atoms with E-state index < -0.39 is 34.1 Å². The molecule has 1 N–H and O–H groups in total. The Balaban J connectivity index is 2.83. The van der Waals surface area contributed by atoms with Crippen molar-refractivity contribution in [3.63, 3.8) is 0 Å². The molecule has 2 aromatic heterocycles. The highest BCUT2D eigenvalue weighted by atomic mass is 19.4. The van der Waals surface area contributed by atoms with Crippen LogP contribution in [0.4, 0.5) is 18.9 Å². The fraction of sp³-hybridized carbons (Fsp3) is 0.111. The van der Waals surface area contributed by atoms with Crippen LogP contribution in [0.15, 0.2) is 18.3 Å². The molecule has 2 heterocycles. The molecule has 0 spiro atoms. The van der Waals surface area contributed by atoms with Crippen molar-refractivity contribution >= 4 is 17.3 Å². The lowest BCUT2D eigenvalue weighted by Crippen LogP contribution is -2.13. The van der Waals surface area contributed by atoms with Gasteiger partial charge in [0.15, 0.2) is 11.4 Å². The molecule has 2 aromatic rings. The number of pyridine rings is 1. The number of hydrogen-bond acceptors (Lipinski definition) is 4. The van der Waals surface area contributed by atoms with Crippen LogP contribution in [0, 0.1) is 10.1 Å². The van der Waals surface area contributed by atoms with E-state index >= 15 is 0 Å². The zero-order chi connectivity index (χ0) is 14.4. The standard InChI is InChI=1S/C9H4F3N3O4/c10-9(11,12)7-6(8(16)17)14-3-4(15(18)19)1-2-5(14)13-7/h1-3H,(H,16,17). The van der Waals surface area contributed by atoms with Crippen LogP contribution in [-0.2, 0) is 6.18 Å². The molecule has 0 aliphatic rings. The van der Waals surface area contributed by atoms with Gasteiger partial charge in [0.25, 0.3) is 5.69 Å². The maximum atomic E-state index is 12.6. The van der Waals surface area contributed by atoms with E-state index in [2.05, 4.69) is 4.98 Å². The number of fused-ring (bicyclic) bond motifs is 1. The first-order valence-electron chi connectivity index (χ1n) is 4.69. The van der Waals surface area contributed by atoms with Crippen LogP contribution in [0.5, 0.6) is 0 Å². The molecule has 0 bridgehead atoms. The Hall–Kier alpha value is -2.65. The smallest absolute Gasteiger partial charge is 0.435 e. The zero-order valence-electron chi connectivity index (χ0n) is 8.88. The SMILES string of the molecule is O=C(O)c1c(C(F)(F)F)nc2ccc([N+](=O)[O-])cn12. The maximum absolute atomic E-state index is 12.6. The average molecular weight is 275 g/mol. The van der Waals surface area contributed by atoms with Crippen molar-refractivity contribution < 1.29 is 28.0 Å². The Kier molecular flexibility index (Phi) is 2.65. The largest absolute Gasteiger partial charge is 0.476 e. The molecule has 0 aliphatic carbocycles. The van der Waals surface area contributed by atoms with Crippen LogP contribution in [0.2, 0.25) is 0 Å². The first-order chi connectivity index (χ1) is 8.71. The van der Waals surface area contributed by atoms with E-state index in [1.807, 2.05) is 0 Å². The van der Waals surface area contributed by atoms with E-state index in [9.17, 15) is 28.1 Å². The van der Waals surface area contributed by atoms with Gasteiger partial charge >= 0.3 is 12.1 Å². The second-order valence-corrected chi connectivity index (χ2v) is 3.48. The molecule has 0 unspecified atom stereocenters. The third-order valence-corrected chi connectivity index (χ3v) is 2.28. The van der Waals surface area contributed by atoms with Gasteiger partial charge in [0, 0.05) is 6.07 Å². The summed E-state index contributed by atoms with van der Waals surface area (Å²) in [5, 5.41) is 19.3. The minimum absolute atomic E-state index is 0.338. The van der Waals surface area contributed by atoms with Crippen LogP contribution in [0.1, 0.15) is 16.2 Å². The summed E-state index contributed by atoms with van der Waals surface area (Å²) in [5.74, 6) is -1.87. The average Bonchev–Trinajstić information content (AvgIpc) is 2.66. The lowest BCUT2D eigenvalue weighted by molar-refractivity contribution is -0.385. The van der Waals surface area contributed by atoms with Crippen molar-refractivity contribution in [2.24, 2.45) is 0 Å². The molecule has 100 valence electrons. The molecule has 2 rings (SSSR count). The lowest BCUT2D eigenvalue weighted by Gasteiger charge is -2.03. The van der Waals surface area contributed by atoms with Crippen LogP contribution in [0.25, 0.3) is 5.65 Å². The van der Waals surface area contributed by atoms with Gasteiger partial charge in [0.05, 0.1) is 11.1 Å². The Bertz CT molecular complexity index is 692. The molecule has 0 radical (unpaired) electrons. The van der Waals surface area contributed by atoms with Crippen LogP contribution < -0.4 is 0 Å². The number of alkyl halides is 3. The summed E-state index contributed by atoms with van der Waals surface area (Å²) in [5.41, 5.74) is -3.64. The maximum Gasteiger partial charge on any atom is 0.435 e. The fourth-order valence-corrected chi connectivity index (χ4v) is 1.54. The summed E-state index contributed by atoms with van der Waals surface area (Å²) < 4.78 is 38.4. The molecule has 0 saturated heterocycles. The number of hydrogen-bond donors (Lipinski definition) is 1. The van der Waals surface area contributed by atoms with E-state index in [0.717, 1.165) is 12.1 Å². The number of carbonyl (C=O) groups is 1. The Morgan fingerprint density at radius 1 is 1.42 bits per heavy atom. The molecule has 7 nitrogen and oxygen atoms in total. The fourth-order valence-electron chi connectivity index (χ4n) is 1.54. The number of rotatable bonds is 2. The molecular weight excluding hydrogens is 271 g/mol. The number of carboxylic acid groups (broad SMARTS) is 1. The Labute approximate surface area is 102 Å². The predicted octanol–water partition coefficient (Wildman–Crippen LogP) is 1.96. The molecule has 0 saturated carbocycles. The third kappa shape index (κ3) is 2.07. The molecule has 0 amide bonds. The minimum Gasteiger partial charge on any atom is -0.476 e. The number of imidazole rings is 1. The second kappa shape index (κ2) is 3.93. The number of carboxylic acids is 1. The van der Waals surface area contributed by atoms with Gasteiger partial charge in [-0.15, -0.1) is 0 Å². The van der Waals surface area contributed by atoms with E-state index in [4.69, 9.17) is 5.11 Å². The van der Waals surface area contributed by atoms with Gasteiger partial charge in [-0.1, -0.05) is 0 Å². The summed E-state index contributed by atoms with van der Waals surface area (Å²) >= 11 is 0. The van der Waals surface area contributed by atoms with Gasteiger partial charge in [0.2, 0.25) is 0 Å². The van der Waals surface area contributed by atoms with Gasteiger partial charge < -0.3 is 5.11 Å². The van der Waals surface area contributed by atoms with Crippen LogP contribution in [0.3, 0.4) is 0 Å². The lowest BCUT2D eigenvalue weighted by atomic mass is 10.3. The minimum atomic E-state index is -4.96. The van der Waals surface area contributed by atoms with Crippen LogP contribution >= 0.6 is 0 Å². The number of halogens is 3. The van der Waals surface area contributed by atoms with Crippen molar-refractivity contribution in [1.29, 1.82) is 0 Å². The first kappa shape index (κ1) is 12.8. The number of aromatic nitrogens is 2. The Morgan fingerprint density at radius 3 is 2.53 bits per heavy atom. The van der Waals surface area contributed by atoms with Gasteiger partial charge in [-0.25, -0.2) is 9.78 Å². The van der Waals surface area contributed by atoms with Crippen molar-refractivity contribution in [2.75, 3.05) is 0 Å². The highest BCUT2D eigenvalue weighted by molar-refractivity contribution is 5.88. The highest BCUT2D eigenvalue weighted by Gasteiger charge is 2.40. The monoisotopic (exact) mass is 275 g/mol. The predicted molar refractivity (Wildman–Crippen MR) is 53.8 cm³/mol. The summed E-state index contributed by atoms with van der Waals surface area (Å²) in [4.78, 5) is 23.7. The quantitative estimate of drug-likeness (QED) is 0.667. The van der Waals surface area contributed by atoms with E-state index in [0.29, 0.717) is 10.6 Å². The molecule has 0 aromatic carbocycles.